The van der Waals surface area contributed by atoms with E-state index in [1.165, 1.54) is 0 Å². The summed E-state index contributed by atoms with van der Waals surface area (Å²) in [6.07, 6.45) is 1.33. The molecule has 0 saturated heterocycles. The van der Waals surface area contributed by atoms with Gasteiger partial charge in [-0.15, -0.1) is 5.10 Å². The van der Waals surface area contributed by atoms with Crippen LogP contribution in [0, 0.1) is 0 Å². The molecule has 26 heavy (non-hydrogen) atoms. The van der Waals surface area contributed by atoms with Crippen molar-refractivity contribution < 1.29 is 14.3 Å². The average Bonchev–Trinajstić information content (AvgIpc) is 3.15. The zero-order valence-corrected chi connectivity index (χ0v) is 14.6. The number of hydrogen-bond donors (Lipinski definition) is 1. The van der Waals surface area contributed by atoms with Gasteiger partial charge in [0, 0.05) is 11.8 Å². The minimum Gasteiger partial charge on any atom is -0.497 e. The Balaban J connectivity index is 1.67. The fourth-order valence-corrected chi connectivity index (χ4v) is 2.38. The molecule has 1 aromatic heterocycles. The normalized spacial score (nSPS) is 11.6. The van der Waals surface area contributed by atoms with Crippen molar-refractivity contribution in [3.8, 4) is 17.4 Å². The first kappa shape index (κ1) is 17.5. The number of nitrogens with one attached hydrogen (secondary N) is 1. The number of methoxy groups -OCH3 is 1. The molecule has 1 amide bonds. The molecule has 0 bridgehead atoms. The van der Waals surface area contributed by atoms with E-state index in [1.54, 1.807) is 36.3 Å². The highest BCUT2D eigenvalue weighted by Gasteiger charge is 2.20. The quantitative estimate of drug-likeness (QED) is 0.707. The van der Waals surface area contributed by atoms with Crippen LogP contribution in [0.5, 0.6) is 11.8 Å². The van der Waals surface area contributed by atoms with Crippen LogP contribution in [0.4, 0.5) is 5.69 Å². The van der Waals surface area contributed by atoms with Crippen molar-refractivity contribution in [2.24, 2.45) is 0 Å². The third-order valence-corrected chi connectivity index (χ3v) is 3.74. The molecule has 0 aliphatic rings. The molecule has 0 saturated carbocycles. The molecule has 1 N–H and O–H groups in total. The number of anilines is 1. The third-order valence-electron chi connectivity index (χ3n) is 3.74. The molecule has 1 atom stereocenters. The Morgan fingerprint density at radius 1 is 1.19 bits per heavy atom. The van der Waals surface area contributed by atoms with Gasteiger partial charge in [-0.25, -0.2) is 4.68 Å². The van der Waals surface area contributed by atoms with Crippen LogP contribution in [0.15, 0.2) is 60.9 Å². The summed E-state index contributed by atoms with van der Waals surface area (Å²) in [5.41, 5.74) is 1.50. The molecule has 134 valence electrons. The Morgan fingerprint density at radius 2 is 2.00 bits per heavy atom. The van der Waals surface area contributed by atoms with E-state index in [2.05, 4.69) is 15.4 Å². The number of aromatic nitrogens is 3. The van der Waals surface area contributed by atoms with Gasteiger partial charge in [0.25, 0.3) is 5.91 Å². The summed E-state index contributed by atoms with van der Waals surface area (Å²) in [5, 5.41) is 7.09. The van der Waals surface area contributed by atoms with E-state index in [0.29, 0.717) is 17.9 Å². The van der Waals surface area contributed by atoms with Gasteiger partial charge in [-0.05, 0) is 30.7 Å². The molecule has 0 aliphatic carbocycles. The van der Waals surface area contributed by atoms with Crippen molar-refractivity contribution in [3.63, 3.8) is 0 Å². The van der Waals surface area contributed by atoms with Crippen molar-refractivity contribution in [1.82, 2.24) is 14.8 Å². The monoisotopic (exact) mass is 352 g/mol. The Bertz CT molecular complexity index is 864. The highest BCUT2D eigenvalue weighted by molar-refractivity contribution is 5.94. The van der Waals surface area contributed by atoms with Crippen LogP contribution < -0.4 is 14.8 Å². The van der Waals surface area contributed by atoms with Gasteiger partial charge < -0.3 is 14.8 Å². The summed E-state index contributed by atoms with van der Waals surface area (Å²) in [7, 11) is 1.58. The summed E-state index contributed by atoms with van der Waals surface area (Å²) < 4.78 is 12.4. The van der Waals surface area contributed by atoms with Gasteiger partial charge in [0.15, 0.2) is 6.10 Å². The molecule has 7 nitrogen and oxygen atoms in total. The molecular formula is C19H20N4O3. The summed E-state index contributed by atoms with van der Waals surface area (Å²) in [5.74, 6) is 0.400. The lowest BCUT2D eigenvalue weighted by molar-refractivity contribution is -0.123. The molecule has 3 rings (SSSR count). The van der Waals surface area contributed by atoms with Gasteiger partial charge in [-0.3, -0.25) is 4.79 Å². The summed E-state index contributed by atoms with van der Waals surface area (Å²) in [4.78, 5) is 16.6. The zero-order chi connectivity index (χ0) is 18.4. The Morgan fingerprint density at radius 3 is 2.73 bits per heavy atom. The second kappa shape index (κ2) is 8.15. The standard InChI is InChI=1S/C19H20N4O3/c1-3-17(18(24)21-14-8-7-11-16(12-14)25-2)26-19-20-13-23(22-19)15-9-5-4-6-10-15/h4-13,17H,3H2,1-2H3,(H,21,24). The van der Waals surface area contributed by atoms with E-state index in [9.17, 15) is 4.79 Å². The Kier molecular flexibility index (Phi) is 5.48. The molecule has 0 aliphatic heterocycles. The van der Waals surface area contributed by atoms with E-state index in [0.717, 1.165) is 5.69 Å². The molecule has 1 heterocycles. The maximum absolute atomic E-state index is 12.5. The topological polar surface area (TPSA) is 78.3 Å². The number of benzene rings is 2. The fourth-order valence-electron chi connectivity index (χ4n) is 2.38. The maximum Gasteiger partial charge on any atom is 0.336 e. The number of amides is 1. The van der Waals surface area contributed by atoms with Gasteiger partial charge in [0.05, 0.1) is 12.8 Å². The second-order valence-electron chi connectivity index (χ2n) is 5.54. The van der Waals surface area contributed by atoms with Crippen molar-refractivity contribution in [1.29, 1.82) is 0 Å². The molecule has 0 spiro atoms. The lowest BCUT2D eigenvalue weighted by Crippen LogP contribution is -2.32. The van der Waals surface area contributed by atoms with Crippen molar-refractivity contribution >= 4 is 11.6 Å². The highest BCUT2D eigenvalue weighted by Crippen LogP contribution is 2.18. The van der Waals surface area contributed by atoms with E-state index >= 15 is 0 Å². The van der Waals surface area contributed by atoms with Crippen LogP contribution in [-0.4, -0.2) is 33.9 Å². The first-order valence-corrected chi connectivity index (χ1v) is 8.28. The van der Waals surface area contributed by atoms with Crippen LogP contribution in [-0.2, 0) is 4.79 Å². The van der Waals surface area contributed by atoms with E-state index in [4.69, 9.17) is 9.47 Å². The minimum absolute atomic E-state index is 0.154. The van der Waals surface area contributed by atoms with Crippen LogP contribution in [0.3, 0.4) is 0 Å². The predicted octanol–water partition coefficient (Wildman–Crippen LogP) is 3.07. The van der Waals surface area contributed by atoms with E-state index < -0.39 is 6.10 Å². The van der Waals surface area contributed by atoms with Gasteiger partial charge in [-0.1, -0.05) is 31.2 Å². The number of rotatable bonds is 7. The molecule has 7 heteroatoms. The average molecular weight is 352 g/mol. The largest absolute Gasteiger partial charge is 0.497 e. The van der Waals surface area contributed by atoms with Crippen molar-refractivity contribution in [3.05, 3.63) is 60.9 Å². The molecule has 1 unspecified atom stereocenters. The highest BCUT2D eigenvalue weighted by atomic mass is 16.5. The Hall–Kier alpha value is -3.35. The molecule has 2 aromatic carbocycles. The second-order valence-corrected chi connectivity index (χ2v) is 5.54. The number of nitrogens with zero attached hydrogens (tertiary/aromatic N) is 3. The lowest BCUT2D eigenvalue weighted by Gasteiger charge is -2.15. The van der Waals surface area contributed by atoms with Gasteiger partial charge in [0.2, 0.25) is 0 Å². The molecule has 3 aromatic rings. The van der Waals surface area contributed by atoms with Gasteiger partial charge in [-0.2, -0.15) is 4.98 Å². The van der Waals surface area contributed by atoms with Crippen molar-refractivity contribution in [2.45, 2.75) is 19.4 Å². The Labute approximate surface area is 151 Å². The number of carbonyl (C=O) groups is 1. The number of para-hydroxylation sites is 1. The third kappa shape index (κ3) is 4.18. The lowest BCUT2D eigenvalue weighted by atomic mass is 10.2. The SMILES string of the molecule is CCC(Oc1ncn(-c2ccccc2)n1)C(=O)Nc1cccc(OC)c1. The first-order valence-electron chi connectivity index (χ1n) is 8.28. The van der Waals surface area contributed by atoms with Gasteiger partial charge >= 0.3 is 6.01 Å². The van der Waals surface area contributed by atoms with Crippen LogP contribution in [0.1, 0.15) is 13.3 Å². The summed E-state index contributed by atoms with van der Waals surface area (Å²) in [6.45, 7) is 1.87. The van der Waals surface area contributed by atoms with E-state index in [1.807, 2.05) is 43.3 Å². The number of ether oxygens (including phenoxy) is 2. The first-order chi connectivity index (χ1) is 12.7. The fraction of sp³-hybridized carbons (Fsp3) is 0.211. The predicted molar refractivity (Wildman–Crippen MR) is 97.7 cm³/mol. The number of carbonyl (C=O) groups excluding carboxylic acids is 1. The maximum atomic E-state index is 12.5. The minimum atomic E-state index is -0.701. The van der Waals surface area contributed by atoms with Crippen molar-refractivity contribution in [2.75, 3.05) is 12.4 Å². The number of hydrogen-bond acceptors (Lipinski definition) is 5. The van der Waals surface area contributed by atoms with Crippen LogP contribution in [0.25, 0.3) is 5.69 Å². The van der Waals surface area contributed by atoms with Gasteiger partial charge in [0.1, 0.15) is 12.1 Å². The molecule has 0 fully saturated rings. The smallest absolute Gasteiger partial charge is 0.336 e. The van der Waals surface area contributed by atoms with Crippen LogP contribution in [0.2, 0.25) is 0 Å². The zero-order valence-electron chi connectivity index (χ0n) is 14.6. The molecular weight excluding hydrogens is 332 g/mol. The summed E-state index contributed by atoms with van der Waals surface area (Å²) in [6, 6.07) is 16.9. The van der Waals surface area contributed by atoms with Crippen LogP contribution >= 0.6 is 0 Å². The molecule has 0 radical (unpaired) electrons. The summed E-state index contributed by atoms with van der Waals surface area (Å²) >= 11 is 0. The van der Waals surface area contributed by atoms with E-state index in [-0.39, 0.29) is 11.9 Å².